The van der Waals surface area contributed by atoms with Gasteiger partial charge in [0.25, 0.3) is 11.6 Å². The smallest absolute Gasteiger partial charge is 0.323 e. The predicted octanol–water partition coefficient (Wildman–Crippen LogP) is 3.81. The summed E-state index contributed by atoms with van der Waals surface area (Å²) in [6, 6.07) is 3.45. The molecule has 142 valence electrons. The quantitative estimate of drug-likeness (QED) is 0.715. The van der Waals surface area contributed by atoms with Gasteiger partial charge in [0.2, 0.25) is 0 Å². The fourth-order valence-corrected chi connectivity index (χ4v) is 4.01. The Labute approximate surface area is 160 Å². The number of aromatic nitrogens is 2. The van der Waals surface area contributed by atoms with Crippen LogP contribution in [0.1, 0.15) is 39.7 Å². The number of pyridine rings is 1. The van der Waals surface area contributed by atoms with Gasteiger partial charge < -0.3 is 14.5 Å². The second-order valence-electron chi connectivity index (χ2n) is 6.75. The molecule has 3 aromatic rings. The fourth-order valence-electron chi connectivity index (χ4n) is 3.08. The lowest BCUT2D eigenvalue weighted by atomic mass is 10.0. The Morgan fingerprint density at radius 2 is 1.96 bits per heavy atom. The lowest BCUT2D eigenvalue weighted by molar-refractivity contribution is -0.138. The minimum absolute atomic E-state index is 0.273. The Morgan fingerprint density at radius 3 is 2.52 bits per heavy atom. The highest BCUT2D eigenvalue weighted by Crippen LogP contribution is 2.33. The molecule has 8 heteroatoms. The van der Waals surface area contributed by atoms with E-state index in [1.165, 1.54) is 4.90 Å². The van der Waals surface area contributed by atoms with Crippen molar-refractivity contribution < 1.29 is 19.2 Å². The van der Waals surface area contributed by atoms with Gasteiger partial charge >= 0.3 is 5.97 Å². The number of carboxylic acid groups (broad SMARTS) is 1. The van der Waals surface area contributed by atoms with E-state index in [4.69, 9.17) is 4.52 Å². The van der Waals surface area contributed by atoms with Gasteiger partial charge in [-0.1, -0.05) is 5.16 Å². The molecule has 0 aliphatic rings. The van der Waals surface area contributed by atoms with Gasteiger partial charge in [-0.05, 0) is 46.8 Å². The largest absolute Gasteiger partial charge is 0.480 e. The maximum atomic E-state index is 13.2. The van der Waals surface area contributed by atoms with Crippen LogP contribution >= 0.6 is 11.3 Å². The highest BCUT2D eigenvalue weighted by molar-refractivity contribution is 7.12. The van der Waals surface area contributed by atoms with Crippen molar-refractivity contribution in [3.8, 4) is 11.3 Å². The summed E-state index contributed by atoms with van der Waals surface area (Å²) in [6.45, 7) is 8.94. The van der Waals surface area contributed by atoms with Crippen LogP contribution in [0.3, 0.4) is 0 Å². The number of hydrogen-bond acceptors (Lipinski definition) is 6. The summed E-state index contributed by atoms with van der Waals surface area (Å²) in [4.78, 5) is 32.5. The van der Waals surface area contributed by atoms with E-state index in [9.17, 15) is 14.7 Å². The average molecular weight is 387 g/mol. The third-order valence-corrected chi connectivity index (χ3v) is 5.32. The molecule has 0 fully saturated rings. The first kappa shape index (κ1) is 19.0. The molecule has 3 heterocycles. The number of carboxylic acids is 1. The number of rotatable bonds is 5. The van der Waals surface area contributed by atoms with E-state index < -0.39 is 5.97 Å². The number of nitrogens with zero attached hydrogens (tertiary/aromatic N) is 3. The van der Waals surface area contributed by atoms with Gasteiger partial charge in [0.1, 0.15) is 6.54 Å². The van der Waals surface area contributed by atoms with Gasteiger partial charge in [0.15, 0.2) is 0 Å². The highest BCUT2D eigenvalue weighted by Gasteiger charge is 2.27. The van der Waals surface area contributed by atoms with Crippen molar-refractivity contribution in [1.82, 2.24) is 15.0 Å². The second-order valence-corrected chi connectivity index (χ2v) is 8.21. The van der Waals surface area contributed by atoms with E-state index in [-0.39, 0.29) is 24.2 Å². The van der Waals surface area contributed by atoms with Gasteiger partial charge in [-0.15, -0.1) is 11.3 Å². The summed E-state index contributed by atoms with van der Waals surface area (Å²) in [5, 5.41) is 13.7. The monoisotopic (exact) mass is 387 g/mol. The number of aryl methyl sites for hydroxylation is 3. The average Bonchev–Trinajstić information content (AvgIpc) is 3.13. The number of fused-ring (bicyclic) bond motifs is 1. The van der Waals surface area contributed by atoms with Gasteiger partial charge in [0, 0.05) is 21.4 Å². The predicted molar refractivity (Wildman–Crippen MR) is 103 cm³/mol. The first-order chi connectivity index (χ1) is 12.7. The zero-order valence-corrected chi connectivity index (χ0v) is 16.7. The van der Waals surface area contributed by atoms with Crippen LogP contribution in [0.5, 0.6) is 0 Å². The molecular formula is C19H21N3O4S. The van der Waals surface area contributed by atoms with Crippen LogP contribution in [0, 0.1) is 20.8 Å². The molecule has 0 unspecified atom stereocenters. The standard InChI is InChI=1S/C19H21N3O4S/c1-9(2)22(8-16(23)24)19(25)14-7-15(13-6-10(3)27-12(13)5)20-18-17(14)11(4)21-26-18/h6-7,9H,8H2,1-5H3,(H,23,24). The van der Waals surface area contributed by atoms with Gasteiger partial charge in [-0.25, -0.2) is 4.98 Å². The Balaban J connectivity index is 2.21. The zero-order valence-electron chi connectivity index (χ0n) is 15.9. The SMILES string of the molecule is Cc1cc(-c2cc(C(=O)N(CC(=O)O)C(C)C)c3c(C)noc3n2)c(C)s1. The summed E-state index contributed by atoms with van der Waals surface area (Å²) in [5.74, 6) is -1.44. The minimum atomic E-state index is -1.06. The Hall–Kier alpha value is -2.74. The summed E-state index contributed by atoms with van der Waals surface area (Å²) in [7, 11) is 0. The fraction of sp³-hybridized carbons (Fsp3) is 0.368. The first-order valence-electron chi connectivity index (χ1n) is 8.56. The van der Waals surface area contributed by atoms with Crippen molar-refractivity contribution in [1.29, 1.82) is 0 Å². The molecule has 0 radical (unpaired) electrons. The summed E-state index contributed by atoms with van der Waals surface area (Å²) in [5.41, 5.74) is 2.71. The van der Waals surface area contributed by atoms with E-state index in [0.29, 0.717) is 22.3 Å². The van der Waals surface area contributed by atoms with Crippen molar-refractivity contribution >= 4 is 34.3 Å². The molecule has 3 aromatic heterocycles. The Bertz CT molecular complexity index is 1040. The summed E-state index contributed by atoms with van der Waals surface area (Å²) in [6.07, 6.45) is 0. The number of aliphatic carboxylic acids is 1. The van der Waals surface area contributed by atoms with Crippen molar-refractivity contribution in [2.24, 2.45) is 0 Å². The van der Waals surface area contributed by atoms with Crippen LogP contribution in [0.15, 0.2) is 16.7 Å². The van der Waals surface area contributed by atoms with Crippen molar-refractivity contribution in [2.45, 2.75) is 40.7 Å². The normalized spacial score (nSPS) is 11.3. The molecule has 0 aliphatic heterocycles. The lowest BCUT2D eigenvalue weighted by Gasteiger charge is -2.25. The third-order valence-electron chi connectivity index (χ3n) is 4.35. The van der Waals surface area contributed by atoms with E-state index in [2.05, 4.69) is 10.1 Å². The van der Waals surface area contributed by atoms with Crippen molar-refractivity contribution in [3.63, 3.8) is 0 Å². The number of hydrogen-bond donors (Lipinski definition) is 1. The molecule has 0 bridgehead atoms. The maximum absolute atomic E-state index is 13.2. The molecule has 1 N–H and O–H groups in total. The number of amides is 1. The molecular weight excluding hydrogens is 366 g/mol. The van der Waals surface area contributed by atoms with Crippen LogP contribution in [0.25, 0.3) is 22.4 Å². The van der Waals surface area contributed by atoms with Gasteiger partial charge in [-0.2, -0.15) is 0 Å². The Kier molecular flexibility index (Phi) is 5.01. The molecule has 1 amide bonds. The van der Waals surface area contributed by atoms with Crippen LogP contribution in [0.4, 0.5) is 0 Å². The molecule has 0 saturated heterocycles. The minimum Gasteiger partial charge on any atom is -0.480 e. The lowest BCUT2D eigenvalue weighted by Crippen LogP contribution is -2.40. The van der Waals surface area contributed by atoms with Crippen molar-refractivity contribution in [3.05, 3.63) is 33.1 Å². The number of carbonyl (C=O) groups excluding carboxylic acids is 1. The summed E-state index contributed by atoms with van der Waals surface area (Å²) < 4.78 is 5.32. The number of thiophene rings is 1. The molecule has 0 saturated carbocycles. The molecule has 0 atom stereocenters. The second kappa shape index (κ2) is 7.11. The zero-order chi connectivity index (χ0) is 19.9. The van der Waals surface area contributed by atoms with E-state index in [0.717, 1.165) is 15.3 Å². The molecule has 0 aromatic carbocycles. The van der Waals surface area contributed by atoms with Gasteiger partial charge in [0.05, 0.1) is 22.3 Å². The van der Waals surface area contributed by atoms with Crippen molar-refractivity contribution in [2.75, 3.05) is 6.54 Å². The molecule has 27 heavy (non-hydrogen) atoms. The molecule has 0 aliphatic carbocycles. The highest BCUT2D eigenvalue weighted by atomic mass is 32.1. The Morgan fingerprint density at radius 1 is 1.26 bits per heavy atom. The summed E-state index contributed by atoms with van der Waals surface area (Å²) >= 11 is 1.65. The maximum Gasteiger partial charge on any atom is 0.323 e. The van der Waals surface area contributed by atoms with Crippen LogP contribution < -0.4 is 0 Å². The van der Waals surface area contributed by atoms with Crippen LogP contribution in [-0.2, 0) is 4.79 Å². The van der Waals surface area contributed by atoms with E-state index in [1.54, 1.807) is 38.2 Å². The topological polar surface area (TPSA) is 96.5 Å². The molecule has 3 rings (SSSR count). The molecule has 0 spiro atoms. The van der Waals surface area contributed by atoms with Gasteiger partial charge in [-0.3, -0.25) is 9.59 Å². The van der Waals surface area contributed by atoms with E-state index >= 15 is 0 Å². The van der Waals surface area contributed by atoms with Crippen LogP contribution in [0.2, 0.25) is 0 Å². The first-order valence-corrected chi connectivity index (χ1v) is 9.38. The number of carbonyl (C=O) groups is 2. The van der Waals surface area contributed by atoms with E-state index in [1.807, 2.05) is 19.9 Å². The molecule has 7 nitrogen and oxygen atoms in total. The third kappa shape index (κ3) is 3.57. The van der Waals surface area contributed by atoms with Crippen LogP contribution in [-0.4, -0.2) is 44.6 Å².